The van der Waals surface area contributed by atoms with E-state index in [9.17, 15) is 0 Å². The predicted molar refractivity (Wildman–Crippen MR) is 48.6 cm³/mol. The number of hydrogen-bond acceptors (Lipinski definition) is 2. The van der Waals surface area contributed by atoms with Crippen LogP contribution in [-0.2, 0) is 9.47 Å². The van der Waals surface area contributed by atoms with E-state index in [4.69, 9.17) is 9.47 Å². The topological polar surface area (TPSA) is 18.5 Å². The van der Waals surface area contributed by atoms with Gasteiger partial charge in [0, 0.05) is 4.43 Å². The van der Waals surface area contributed by atoms with Crippen molar-refractivity contribution in [3.63, 3.8) is 0 Å². The molecule has 0 aliphatic carbocycles. The number of hydrogen-bond donors (Lipinski definition) is 0. The summed E-state index contributed by atoms with van der Waals surface area (Å²) in [6.45, 7) is 4.87. The molecule has 1 aliphatic rings. The summed E-state index contributed by atoms with van der Waals surface area (Å²) < 4.78 is 12.1. The van der Waals surface area contributed by atoms with Gasteiger partial charge in [0.25, 0.3) is 0 Å². The van der Waals surface area contributed by atoms with E-state index in [0.717, 1.165) is 11.0 Å². The summed E-state index contributed by atoms with van der Waals surface area (Å²) >= 11 is 2.32. The van der Waals surface area contributed by atoms with Crippen LogP contribution in [0.25, 0.3) is 0 Å². The largest absolute Gasteiger partial charge is 0.373 e. The fraction of sp³-hybridized carbons (Fsp3) is 1.00. The lowest BCUT2D eigenvalue weighted by atomic mass is 10.2. The Morgan fingerprint density at radius 3 is 2.60 bits per heavy atom. The second kappa shape index (κ2) is 3.88. The monoisotopic (exact) mass is 256 g/mol. The van der Waals surface area contributed by atoms with Gasteiger partial charge >= 0.3 is 0 Å². The van der Waals surface area contributed by atoms with Crippen LogP contribution >= 0.6 is 22.6 Å². The number of halogens is 1. The summed E-state index contributed by atoms with van der Waals surface area (Å²) in [7, 11) is 0. The highest BCUT2D eigenvalue weighted by Gasteiger charge is 2.24. The molecule has 2 nitrogen and oxygen atoms in total. The third-order valence-corrected chi connectivity index (χ3v) is 2.77. The van der Waals surface area contributed by atoms with E-state index in [2.05, 4.69) is 29.5 Å². The molecule has 60 valence electrons. The average Bonchev–Trinajstić information content (AvgIpc) is 1.95. The summed E-state index contributed by atoms with van der Waals surface area (Å²) in [5.74, 6) is 0. The molecule has 0 aromatic heterocycles. The van der Waals surface area contributed by atoms with Crippen molar-refractivity contribution in [2.45, 2.75) is 32.2 Å². The first-order valence-corrected chi connectivity index (χ1v) is 5.09. The Kier molecular flexibility index (Phi) is 3.39. The number of alkyl halides is 1. The van der Waals surface area contributed by atoms with E-state index in [1.807, 2.05) is 6.92 Å². The molecule has 0 amide bonds. The van der Waals surface area contributed by atoms with Crippen LogP contribution in [0, 0.1) is 0 Å². The molecule has 0 aromatic rings. The molecule has 0 radical (unpaired) electrons. The van der Waals surface area contributed by atoms with Gasteiger partial charge in [-0.15, -0.1) is 0 Å². The SMILES string of the molecule is CC1OCC(CI)OC1C. The molecule has 1 saturated heterocycles. The average molecular weight is 256 g/mol. The van der Waals surface area contributed by atoms with Gasteiger partial charge in [0.1, 0.15) is 0 Å². The second-order valence-electron chi connectivity index (χ2n) is 2.66. The van der Waals surface area contributed by atoms with Crippen LogP contribution in [0.15, 0.2) is 0 Å². The van der Waals surface area contributed by atoms with Crippen LogP contribution in [0.5, 0.6) is 0 Å². The molecule has 3 heteroatoms. The molecule has 10 heavy (non-hydrogen) atoms. The van der Waals surface area contributed by atoms with Gasteiger partial charge in [-0.25, -0.2) is 0 Å². The van der Waals surface area contributed by atoms with Crippen LogP contribution in [0.1, 0.15) is 13.8 Å². The molecule has 0 spiro atoms. The van der Waals surface area contributed by atoms with Gasteiger partial charge in [-0.05, 0) is 13.8 Å². The lowest BCUT2D eigenvalue weighted by Gasteiger charge is -2.31. The molecule has 1 fully saturated rings. The summed E-state index contributed by atoms with van der Waals surface area (Å²) in [6.07, 6.45) is 0.833. The standard InChI is InChI=1S/C7H13IO2/c1-5-6(2)10-7(3-8)4-9-5/h5-7H,3-4H2,1-2H3. The van der Waals surface area contributed by atoms with E-state index in [0.29, 0.717) is 6.10 Å². The Balaban J connectivity index is 2.33. The highest BCUT2D eigenvalue weighted by molar-refractivity contribution is 14.1. The quantitative estimate of drug-likeness (QED) is 0.524. The summed E-state index contributed by atoms with van der Waals surface area (Å²) in [6, 6.07) is 0. The molecular weight excluding hydrogens is 243 g/mol. The maximum Gasteiger partial charge on any atom is 0.0902 e. The minimum Gasteiger partial charge on any atom is -0.373 e. The summed E-state index contributed by atoms with van der Waals surface area (Å²) in [5, 5.41) is 0. The molecule has 1 heterocycles. The molecule has 1 rings (SSSR count). The maximum absolute atomic E-state index is 5.62. The molecular formula is C7H13IO2. The van der Waals surface area contributed by atoms with Gasteiger partial charge in [-0.1, -0.05) is 22.6 Å². The molecule has 0 N–H and O–H groups in total. The smallest absolute Gasteiger partial charge is 0.0902 e. The van der Waals surface area contributed by atoms with Crippen molar-refractivity contribution < 1.29 is 9.47 Å². The van der Waals surface area contributed by atoms with E-state index in [1.165, 1.54) is 0 Å². The highest BCUT2D eigenvalue weighted by Crippen LogP contribution is 2.15. The van der Waals surface area contributed by atoms with E-state index in [-0.39, 0.29) is 12.2 Å². The number of rotatable bonds is 1. The molecule has 3 unspecified atom stereocenters. The summed E-state index contributed by atoms with van der Waals surface area (Å²) in [5.41, 5.74) is 0. The van der Waals surface area contributed by atoms with Crippen molar-refractivity contribution in [2.75, 3.05) is 11.0 Å². The normalized spacial score (nSPS) is 41.7. The molecule has 0 saturated carbocycles. The minimum atomic E-state index is 0.258. The Hall–Kier alpha value is 0.650. The lowest BCUT2D eigenvalue weighted by Crippen LogP contribution is -2.40. The van der Waals surface area contributed by atoms with E-state index in [1.54, 1.807) is 0 Å². The zero-order valence-electron chi connectivity index (χ0n) is 6.34. The molecule has 1 aliphatic heterocycles. The van der Waals surface area contributed by atoms with Crippen molar-refractivity contribution in [2.24, 2.45) is 0 Å². The van der Waals surface area contributed by atoms with Crippen molar-refractivity contribution >= 4 is 22.6 Å². The van der Waals surface area contributed by atoms with Gasteiger partial charge in [0.2, 0.25) is 0 Å². The van der Waals surface area contributed by atoms with Gasteiger partial charge in [-0.3, -0.25) is 0 Å². The van der Waals surface area contributed by atoms with E-state index < -0.39 is 0 Å². The van der Waals surface area contributed by atoms with Crippen LogP contribution in [0.2, 0.25) is 0 Å². The van der Waals surface area contributed by atoms with E-state index >= 15 is 0 Å². The molecule has 3 atom stereocenters. The zero-order chi connectivity index (χ0) is 7.56. The number of ether oxygens (including phenoxy) is 2. The first kappa shape index (κ1) is 8.74. The van der Waals surface area contributed by atoms with Crippen molar-refractivity contribution in [3.05, 3.63) is 0 Å². The molecule has 0 bridgehead atoms. The van der Waals surface area contributed by atoms with Gasteiger partial charge in [0.15, 0.2) is 0 Å². The van der Waals surface area contributed by atoms with Gasteiger partial charge < -0.3 is 9.47 Å². The molecule has 0 aromatic carbocycles. The predicted octanol–water partition coefficient (Wildman–Crippen LogP) is 1.61. The Morgan fingerprint density at radius 2 is 2.10 bits per heavy atom. The van der Waals surface area contributed by atoms with Crippen molar-refractivity contribution in [1.82, 2.24) is 0 Å². The third-order valence-electron chi connectivity index (χ3n) is 1.79. The third kappa shape index (κ3) is 2.07. The van der Waals surface area contributed by atoms with Crippen molar-refractivity contribution in [3.8, 4) is 0 Å². The minimum absolute atomic E-state index is 0.258. The lowest BCUT2D eigenvalue weighted by molar-refractivity contribution is -0.158. The van der Waals surface area contributed by atoms with Gasteiger partial charge in [-0.2, -0.15) is 0 Å². The first-order valence-electron chi connectivity index (χ1n) is 3.57. The van der Waals surface area contributed by atoms with Crippen molar-refractivity contribution in [1.29, 1.82) is 0 Å². The van der Waals surface area contributed by atoms with Gasteiger partial charge in [0.05, 0.1) is 24.9 Å². The van der Waals surface area contributed by atoms with Crippen LogP contribution in [0.3, 0.4) is 0 Å². The van der Waals surface area contributed by atoms with Crippen LogP contribution < -0.4 is 0 Å². The Morgan fingerprint density at radius 1 is 1.40 bits per heavy atom. The Labute approximate surface area is 75.4 Å². The fourth-order valence-electron chi connectivity index (χ4n) is 0.929. The fourth-order valence-corrected chi connectivity index (χ4v) is 1.39. The summed E-state index contributed by atoms with van der Waals surface area (Å²) in [4.78, 5) is 0. The van der Waals surface area contributed by atoms with Crippen LogP contribution in [0.4, 0.5) is 0 Å². The maximum atomic E-state index is 5.62. The Bertz CT molecular complexity index is 108. The second-order valence-corrected chi connectivity index (χ2v) is 3.54. The van der Waals surface area contributed by atoms with Crippen LogP contribution in [-0.4, -0.2) is 29.3 Å². The highest BCUT2D eigenvalue weighted by atomic mass is 127. The zero-order valence-corrected chi connectivity index (χ0v) is 8.50. The first-order chi connectivity index (χ1) is 4.74.